The molecular weight excluding hydrogens is 230 g/mol. The summed E-state index contributed by atoms with van der Waals surface area (Å²) in [6, 6.07) is 0. The van der Waals surface area contributed by atoms with Crippen LogP contribution in [-0.4, -0.2) is 4.57 Å². The fraction of sp³-hybridized carbons (Fsp3) is 0.333. The Labute approximate surface area is 85.7 Å². The molecule has 12 heavy (non-hydrogen) atoms. The Kier molecular flexibility index (Phi) is 2.16. The molecule has 0 saturated heterocycles. The molecule has 0 bridgehead atoms. The highest BCUT2D eigenvalue weighted by atomic mass is 32.2. The largest absolute Gasteiger partial charge is 0.314 e. The Balaban J connectivity index is 2.96. The Morgan fingerprint density at radius 3 is 2.83 bits per heavy atom. The predicted molar refractivity (Wildman–Crippen MR) is 58.3 cm³/mol. The van der Waals surface area contributed by atoms with Crippen LogP contribution in [0.4, 0.5) is 0 Å². The van der Waals surface area contributed by atoms with Crippen molar-refractivity contribution in [3.63, 3.8) is 0 Å². The summed E-state index contributed by atoms with van der Waals surface area (Å²) in [6.45, 7) is 2.89. The van der Waals surface area contributed by atoms with Gasteiger partial charge in [-0.3, -0.25) is 4.79 Å². The summed E-state index contributed by atoms with van der Waals surface area (Å²) in [6.07, 6.45) is 0. The molecule has 0 aliphatic heterocycles. The number of fused-ring (bicyclic) bond motifs is 1. The van der Waals surface area contributed by atoms with Crippen molar-refractivity contribution < 1.29 is 0 Å². The fourth-order valence-electron chi connectivity index (χ4n) is 0.981. The first kappa shape index (κ1) is 8.55. The number of hydrogen-bond donors (Lipinski definition) is 0. The van der Waals surface area contributed by atoms with Crippen molar-refractivity contribution in [2.45, 2.75) is 13.5 Å². The van der Waals surface area contributed by atoms with Crippen LogP contribution in [0.5, 0.6) is 0 Å². The normalized spacial score (nSPS) is 11.1. The third kappa shape index (κ3) is 1.19. The van der Waals surface area contributed by atoms with Gasteiger partial charge in [-0.15, -0.1) is 0 Å². The average Bonchev–Trinajstić information content (AvgIpc) is 2.43. The van der Waals surface area contributed by atoms with Crippen LogP contribution in [0.2, 0.25) is 0 Å². The summed E-state index contributed by atoms with van der Waals surface area (Å²) < 4.78 is 4.11. The van der Waals surface area contributed by atoms with E-state index in [1.54, 1.807) is 0 Å². The van der Waals surface area contributed by atoms with Gasteiger partial charge in [0.25, 0.3) is 4.06 Å². The molecular formula is C6H5NOS4. The SMILES string of the molecule is CCn1c(=S)sc2sc(=O)sc21. The van der Waals surface area contributed by atoms with Gasteiger partial charge < -0.3 is 4.57 Å². The number of thiazole rings is 1. The Morgan fingerprint density at radius 1 is 1.42 bits per heavy atom. The van der Waals surface area contributed by atoms with Gasteiger partial charge in [0.05, 0.1) is 0 Å². The van der Waals surface area contributed by atoms with Crippen LogP contribution in [0.3, 0.4) is 0 Å². The van der Waals surface area contributed by atoms with E-state index in [1.807, 2.05) is 11.5 Å². The van der Waals surface area contributed by atoms with Gasteiger partial charge in [0, 0.05) is 6.54 Å². The summed E-state index contributed by atoms with van der Waals surface area (Å²) in [7, 11) is 0. The molecule has 0 amide bonds. The maximum absolute atomic E-state index is 11.0. The van der Waals surface area contributed by atoms with E-state index >= 15 is 0 Å². The lowest BCUT2D eigenvalue weighted by atomic mass is 10.7. The molecule has 0 radical (unpaired) electrons. The molecule has 2 nitrogen and oxygen atoms in total. The minimum Gasteiger partial charge on any atom is -0.314 e. The first-order valence-electron chi connectivity index (χ1n) is 3.35. The van der Waals surface area contributed by atoms with Crippen LogP contribution in [0.15, 0.2) is 4.79 Å². The first-order chi connectivity index (χ1) is 5.72. The van der Waals surface area contributed by atoms with Crippen LogP contribution in [-0.2, 0) is 6.54 Å². The lowest BCUT2D eigenvalue weighted by Gasteiger charge is -1.93. The Hall–Kier alpha value is -0.0400. The highest BCUT2D eigenvalue weighted by Gasteiger charge is 2.07. The smallest absolute Gasteiger partial charge is 0.290 e. The van der Waals surface area contributed by atoms with E-state index in [4.69, 9.17) is 12.2 Å². The maximum atomic E-state index is 11.0. The van der Waals surface area contributed by atoms with E-state index in [2.05, 4.69) is 0 Å². The molecule has 0 aromatic carbocycles. The minimum absolute atomic E-state index is 0.161. The van der Waals surface area contributed by atoms with Gasteiger partial charge in [0.15, 0.2) is 3.95 Å². The van der Waals surface area contributed by atoms with E-state index in [0.29, 0.717) is 0 Å². The summed E-state index contributed by atoms with van der Waals surface area (Å²) in [5.41, 5.74) is 0. The van der Waals surface area contributed by atoms with E-state index in [1.165, 1.54) is 34.0 Å². The van der Waals surface area contributed by atoms with Crippen molar-refractivity contribution in [1.82, 2.24) is 4.57 Å². The van der Waals surface area contributed by atoms with Gasteiger partial charge in [-0.1, -0.05) is 34.0 Å². The van der Waals surface area contributed by atoms with Gasteiger partial charge in [-0.25, -0.2) is 0 Å². The van der Waals surface area contributed by atoms with Gasteiger partial charge >= 0.3 is 0 Å². The topological polar surface area (TPSA) is 22.0 Å². The van der Waals surface area contributed by atoms with E-state index in [9.17, 15) is 4.79 Å². The molecule has 2 heterocycles. The zero-order chi connectivity index (χ0) is 8.72. The maximum Gasteiger partial charge on any atom is 0.290 e. The second-order valence-corrected chi connectivity index (χ2v) is 6.26. The van der Waals surface area contributed by atoms with Crippen LogP contribution in [0, 0.1) is 3.95 Å². The van der Waals surface area contributed by atoms with Gasteiger partial charge in [0.2, 0.25) is 0 Å². The van der Waals surface area contributed by atoms with Crippen molar-refractivity contribution >= 4 is 55.1 Å². The number of rotatable bonds is 1. The lowest BCUT2D eigenvalue weighted by Crippen LogP contribution is -1.90. The predicted octanol–water partition coefficient (Wildman–Crippen LogP) is 2.94. The van der Waals surface area contributed by atoms with Crippen LogP contribution in [0.25, 0.3) is 8.84 Å². The fourth-order valence-corrected chi connectivity index (χ4v) is 5.27. The number of aromatic nitrogens is 1. The standard InChI is InChI=1S/C6H5NOS4/c1-2-7-3-4(11-5(7)9)12-6(8)10-3/h2H2,1H3. The molecule has 6 heteroatoms. The van der Waals surface area contributed by atoms with Crippen LogP contribution >= 0.6 is 46.2 Å². The monoisotopic (exact) mass is 235 g/mol. The third-order valence-corrected chi connectivity index (χ3v) is 5.32. The number of aryl methyl sites for hydroxylation is 1. The highest BCUT2D eigenvalue weighted by Crippen LogP contribution is 2.28. The Bertz CT molecular complexity index is 513. The summed E-state index contributed by atoms with van der Waals surface area (Å²) >= 11 is 9.26. The van der Waals surface area contributed by atoms with Gasteiger partial charge in [-0.05, 0) is 19.1 Å². The van der Waals surface area contributed by atoms with E-state index in [-0.39, 0.29) is 4.06 Å². The van der Waals surface area contributed by atoms with Gasteiger partial charge in [-0.2, -0.15) is 0 Å². The van der Waals surface area contributed by atoms with Crippen LogP contribution < -0.4 is 4.06 Å². The minimum atomic E-state index is 0.161. The summed E-state index contributed by atoms with van der Waals surface area (Å²) in [4.78, 5) is 12.1. The molecule has 2 aromatic rings. The third-order valence-electron chi connectivity index (χ3n) is 1.49. The molecule has 0 fully saturated rings. The molecule has 0 N–H and O–H groups in total. The molecule has 0 aliphatic rings. The summed E-state index contributed by atoms with van der Waals surface area (Å²) in [5, 5.41) is 0. The van der Waals surface area contributed by atoms with E-state index < -0.39 is 0 Å². The first-order valence-corrected chi connectivity index (χ1v) is 6.21. The van der Waals surface area contributed by atoms with Crippen molar-refractivity contribution in [1.29, 1.82) is 0 Å². The van der Waals surface area contributed by atoms with Crippen molar-refractivity contribution in [3.8, 4) is 0 Å². The van der Waals surface area contributed by atoms with Crippen molar-refractivity contribution in [2.75, 3.05) is 0 Å². The molecule has 0 spiro atoms. The van der Waals surface area contributed by atoms with E-state index in [0.717, 1.165) is 19.3 Å². The van der Waals surface area contributed by atoms with Crippen molar-refractivity contribution in [2.24, 2.45) is 0 Å². The average molecular weight is 235 g/mol. The molecule has 2 aromatic heterocycles. The Morgan fingerprint density at radius 2 is 2.17 bits per heavy atom. The van der Waals surface area contributed by atoms with Crippen molar-refractivity contribution in [3.05, 3.63) is 12.8 Å². The zero-order valence-corrected chi connectivity index (χ0v) is 9.46. The molecule has 0 unspecified atom stereocenters. The molecule has 0 atom stereocenters. The quantitative estimate of drug-likeness (QED) is 0.709. The highest BCUT2D eigenvalue weighted by molar-refractivity contribution is 7.74. The number of hydrogen-bond acceptors (Lipinski definition) is 5. The molecule has 64 valence electrons. The number of nitrogens with zero attached hydrogens (tertiary/aromatic N) is 1. The zero-order valence-electron chi connectivity index (χ0n) is 6.20. The summed E-state index contributed by atoms with van der Waals surface area (Å²) in [5.74, 6) is 0. The molecule has 0 aliphatic carbocycles. The van der Waals surface area contributed by atoms with Gasteiger partial charge in [0.1, 0.15) is 8.84 Å². The second-order valence-electron chi connectivity index (χ2n) is 2.16. The second kappa shape index (κ2) is 3.02. The lowest BCUT2D eigenvalue weighted by molar-refractivity contribution is 0.799. The van der Waals surface area contributed by atoms with Crippen LogP contribution in [0.1, 0.15) is 6.92 Å². The molecule has 2 rings (SSSR count). The molecule has 0 saturated carbocycles.